The molecule has 3 heterocycles. The van der Waals surface area contributed by atoms with Crippen molar-refractivity contribution in [2.45, 2.75) is 13.0 Å². The third-order valence-corrected chi connectivity index (χ3v) is 3.38. The first-order chi connectivity index (χ1) is 9.61. The molecule has 0 aliphatic carbocycles. The van der Waals surface area contributed by atoms with Gasteiger partial charge in [-0.2, -0.15) is 5.26 Å². The Morgan fingerprint density at radius 3 is 2.65 bits per heavy atom. The van der Waals surface area contributed by atoms with E-state index in [2.05, 4.69) is 0 Å². The number of rotatable bonds is 2. The van der Waals surface area contributed by atoms with Crippen LogP contribution in [0.25, 0.3) is 5.88 Å². The molecule has 0 bridgehead atoms. The van der Waals surface area contributed by atoms with Crippen LogP contribution in [0.5, 0.6) is 0 Å². The molecule has 1 amide bonds. The first-order valence-electron chi connectivity index (χ1n) is 6.26. The van der Waals surface area contributed by atoms with E-state index in [4.69, 9.17) is 4.42 Å². The molecule has 20 heavy (non-hydrogen) atoms. The summed E-state index contributed by atoms with van der Waals surface area (Å²) in [6, 6.07) is 5.67. The summed E-state index contributed by atoms with van der Waals surface area (Å²) >= 11 is 0. The van der Waals surface area contributed by atoms with Crippen LogP contribution in [0.3, 0.4) is 0 Å². The molecule has 2 aromatic heterocycles. The van der Waals surface area contributed by atoms with Gasteiger partial charge in [0.15, 0.2) is 0 Å². The summed E-state index contributed by atoms with van der Waals surface area (Å²) in [7, 11) is 0. The van der Waals surface area contributed by atoms with Gasteiger partial charge in [-0.3, -0.25) is 9.36 Å². The second kappa shape index (κ2) is 4.54. The van der Waals surface area contributed by atoms with Crippen molar-refractivity contribution in [3.8, 4) is 12.0 Å². The van der Waals surface area contributed by atoms with Gasteiger partial charge in [-0.1, -0.05) is 0 Å². The number of aromatic nitrogens is 1. The van der Waals surface area contributed by atoms with E-state index < -0.39 is 6.10 Å². The van der Waals surface area contributed by atoms with Gasteiger partial charge in [0, 0.05) is 25.5 Å². The standard InChI is InChI=1S/C14H13N3O3/c1-9-12(13(19)17-7-10(18)8-17)11(6-15)14(20-9)16-4-2-3-5-16/h2-5,10,18H,7-8H2,1H3. The van der Waals surface area contributed by atoms with Crippen LogP contribution in [0.15, 0.2) is 28.9 Å². The number of hydrogen-bond donors (Lipinski definition) is 1. The number of aryl methyl sites for hydroxylation is 1. The number of hydrogen-bond acceptors (Lipinski definition) is 4. The largest absolute Gasteiger partial charge is 0.443 e. The third kappa shape index (κ3) is 1.80. The molecule has 1 saturated heterocycles. The Bertz CT molecular complexity index is 688. The second-order valence-corrected chi connectivity index (χ2v) is 4.78. The zero-order valence-corrected chi connectivity index (χ0v) is 10.9. The average molecular weight is 271 g/mol. The molecule has 0 radical (unpaired) electrons. The van der Waals surface area contributed by atoms with E-state index in [1.807, 2.05) is 18.2 Å². The lowest BCUT2D eigenvalue weighted by molar-refractivity contribution is 0.00575. The Morgan fingerprint density at radius 1 is 1.45 bits per heavy atom. The molecule has 0 spiro atoms. The number of aliphatic hydroxyl groups is 1. The first-order valence-corrected chi connectivity index (χ1v) is 6.26. The number of carbonyl (C=O) groups is 1. The molecular formula is C14H13N3O3. The Hall–Kier alpha value is -2.52. The first kappa shape index (κ1) is 12.5. The molecule has 0 aromatic carbocycles. The van der Waals surface area contributed by atoms with E-state index in [9.17, 15) is 15.2 Å². The summed E-state index contributed by atoms with van der Waals surface area (Å²) in [5, 5.41) is 18.6. The van der Waals surface area contributed by atoms with Crippen LogP contribution in [0.1, 0.15) is 21.7 Å². The molecule has 1 aliphatic heterocycles. The monoisotopic (exact) mass is 271 g/mol. The minimum atomic E-state index is -0.472. The molecule has 1 N–H and O–H groups in total. The van der Waals surface area contributed by atoms with Crippen LogP contribution >= 0.6 is 0 Å². The molecule has 1 fully saturated rings. The molecule has 1 aliphatic rings. The predicted octanol–water partition coefficient (Wildman–Crippen LogP) is 1.07. The van der Waals surface area contributed by atoms with Crippen molar-refractivity contribution in [2.24, 2.45) is 0 Å². The van der Waals surface area contributed by atoms with Gasteiger partial charge in [0.1, 0.15) is 23.0 Å². The van der Waals surface area contributed by atoms with E-state index in [1.54, 1.807) is 23.9 Å². The summed E-state index contributed by atoms with van der Waals surface area (Å²) < 4.78 is 7.24. The average Bonchev–Trinajstić information content (AvgIpc) is 3.00. The zero-order chi connectivity index (χ0) is 14.3. The number of furan rings is 1. The van der Waals surface area contributed by atoms with Gasteiger partial charge in [-0.05, 0) is 19.1 Å². The molecule has 0 saturated carbocycles. The minimum Gasteiger partial charge on any atom is -0.443 e. The van der Waals surface area contributed by atoms with Crippen molar-refractivity contribution in [1.82, 2.24) is 9.47 Å². The highest BCUT2D eigenvalue weighted by atomic mass is 16.4. The third-order valence-electron chi connectivity index (χ3n) is 3.38. The maximum absolute atomic E-state index is 12.4. The normalized spacial score (nSPS) is 14.9. The van der Waals surface area contributed by atoms with Crippen LogP contribution in [-0.2, 0) is 0 Å². The van der Waals surface area contributed by atoms with Gasteiger partial charge in [-0.15, -0.1) is 0 Å². The molecule has 0 atom stereocenters. The second-order valence-electron chi connectivity index (χ2n) is 4.78. The van der Waals surface area contributed by atoms with Crippen molar-refractivity contribution in [3.63, 3.8) is 0 Å². The smallest absolute Gasteiger partial charge is 0.259 e. The Balaban J connectivity index is 2.04. The van der Waals surface area contributed by atoms with Crippen LogP contribution in [0.4, 0.5) is 0 Å². The highest BCUT2D eigenvalue weighted by molar-refractivity contribution is 5.99. The van der Waals surface area contributed by atoms with Gasteiger partial charge >= 0.3 is 0 Å². The number of nitriles is 1. The highest BCUT2D eigenvalue weighted by Crippen LogP contribution is 2.27. The Kier molecular flexibility index (Phi) is 2.84. The molecular weight excluding hydrogens is 258 g/mol. The van der Waals surface area contributed by atoms with E-state index in [0.29, 0.717) is 24.7 Å². The predicted molar refractivity (Wildman–Crippen MR) is 69.4 cm³/mol. The number of nitrogens with zero attached hydrogens (tertiary/aromatic N) is 3. The fraction of sp³-hybridized carbons (Fsp3) is 0.286. The molecule has 2 aromatic rings. The van der Waals surface area contributed by atoms with Gasteiger partial charge < -0.3 is 14.4 Å². The van der Waals surface area contributed by atoms with E-state index >= 15 is 0 Å². The zero-order valence-electron chi connectivity index (χ0n) is 10.9. The van der Waals surface area contributed by atoms with Gasteiger partial charge in [0.05, 0.1) is 6.10 Å². The van der Waals surface area contributed by atoms with Crippen LogP contribution in [-0.4, -0.2) is 39.7 Å². The maximum atomic E-state index is 12.4. The Morgan fingerprint density at radius 2 is 2.10 bits per heavy atom. The summed E-state index contributed by atoms with van der Waals surface area (Å²) in [6.45, 7) is 2.26. The molecule has 0 unspecified atom stereocenters. The molecule has 6 nitrogen and oxygen atoms in total. The van der Waals surface area contributed by atoms with Crippen molar-refractivity contribution in [1.29, 1.82) is 5.26 Å². The molecule has 102 valence electrons. The number of likely N-dealkylation sites (tertiary alicyclic amines) is 1. The fourth-order valence-corrected chi connectivity index (χ4v) is 2.32. The van der Waals surface area contributed by atoms with Crippen LogP contribution < -0.4 is 0 Å². The summed E-state index contributed by atoms with van der Waals surface area (Å²) in [6.07, 6.45) is 3.03. The van der Waals surface area contributed by atoms with Crippen LogP contribution in [0.2, 0.25) is 0 Å². The Labute approximate surface area is 115 Å². The highest BCUT2D eigenvalue weighted by Gasteiger charge is 2.34. The quantitative estimate of drug-likeness (QED) is 0.885. The van der Waals surface area contributed by atoms with Crippen molar-refractivity contribution < 1.29 is 14.3 Å². The van der Waals surface area contributed by atoms with E-state index in [1.165, 1.54) is 4.90 Å². The van der Waals surface area contributed by atoms with Gasteiger partial charge in [0.25, 0.3) is 5.91 Å². The number of amides is 1. The van der Waals surface area contributed by atoms with Crippen molar-refractivity contribution >= 4 is 5.91 Å². The summed E-state index contributed by atoms with van der Waals surface area (Å²) in [5.74, 6) is 0.488. The number of aliphatic hydroxyl groups excluding tert-OH is 1. The minimum absolute atomic E-state index is 0.227. The van der Waals surface area contributed by atoms with Crippen molar-refractivity contribution in [2.75, 3.05) is 13.1 Å². The van der Waals surface area contributed by atoms with Gasteiger partial charge in [0.2, 0.25) is 5.88 Å². The van der Waals surface area contributed by atoms with E-state index in [-0.39, 0.29) is 17.0 Å². The molecule has 6 heteroatoms. The van der Waals surface area contributed by atoms with Gasteiger partial charge in [-0.25, -0.2) is 0 Å². The SMILES string of the molecule is Cc1oc(-n2cccc2)c(C#N)c1C(=O)N1CC(O)C1. The lowest BCUT2D eigenvalue weighted by Gasteiger charge is -2.35. The maximum Gasteiger partial charge on any atom is 0.259 e. The molecule has 3 rings (SSSR count). The number of β-amino-alcohol motifs (C(OH)–C–C–N with tert-alkyl or cyclic N) is 1. The summed E-state index contributed by atoms with van der Waals surface area (Å²) in [4.78, 5) is 13.9. The van der Waals surface area contributed by atoms with Crippen LogP contribution in [0, 0.1) is 18.3 Å². The van der Waals surface area contributed by atoms with Crippen molar-refractivity contribution in [3.05, 3.63) is 41.4 Å². The topological polar surface area (TPSA) is 82.4 Å². The number of carbonyl (C=O) groups excluding carboxylic acids is 1. The lowest BCUT2D eigenvalue weighted by Crippen LogP contribution is -2.53. The summed E-state index contributed by atoms with van der Waals surface area (Å²) in [5.41, 5.74) is 0.508. The van der Waals surface area contributed by atoms with E-state index in [0.717, 1.165) is 0 Å². The fourth-order valence-electron chi connectivity index (χ4n) is 2.32. The lowest BCUT2D eigenvalue weighted by atomic mass is 10.1.